The lowest BCUT2D eigenvalue weighted by atomic mass is 9.95. The van der Waals surface area contributed by atoms with Crippen LogP contribution in [-0.2, 0) is 11.3 Å². The molecule has 0 aliphatic carbocycles. The zero-order chi connectivity index (χ0) is 17.3. The van der Waals surface area contributed by atoms with Crippen molar-refractivity contribution in [3.63, 3.8) is 0 Å². The molecule has 1 aliphatic heterocycles. The van der Waals surface area contributed by atoms with E-state index < -0.39 is 5.97 Å². The van der Waals surface area contributed by atoms with Gasteiger partial charge >= 0.3 is 5.97 Å². The Morgan fingerprint density at radius 2 is 1.17 bits per heavy atom. The molecule has 3 rings (SSSR count). The van der Waals surface area contributed by atoms with Crippen molar-refractivity contribution in [3.8, 4) is 34.1 Å². The number of rotatable bonds is 4. The van der Waals surface area contributed by atoms with Gasteiger partial charge in [-0.25, -0.2) is 4.79 Å². The minimum atomic E-state index is -0.417. The first kappa shape index (κ1) is 16.0. The van der Waals surface area contributed by atoms with Crippen LogP contribution in [0.15, 0.2) is 24.3 Å². The normalized spacial score (nSPS) is 12.4. The first-order chi connectivity index (χ1) is 11.6. The van der Waals surface area contributed by atoms with Crippen LogP contribution in [-0.4, -0.2) is 34.4 Å². The van der Waals surface area contributed by atoms with E-state index in [1.165, 1.54) is 7.11 Å². The largest absolute Gasteiger partial charge is 0.493 e. The maximum Gasteiger partial charge on any atom is 0.339 e. The molecule has 0 N–H and O–H groups in total. The highest BCUT2D eigenvalue weighted by molar-refractivity contribution is 6.00. The van der Waals surface area contributed by atoms with Gasteiger partial charge < -0.3 is 23.7 Å². The Balaban J connectivity index is 2.30. The Labute approximate surface area is 139 Å². The number of methoxy groups -OCH3 is 4. The quantitative estimate of drug-likeness (QED) is 0.803. The van der Waals surface area contributed by atoms with Crippen LogP contribution in [0.4, 0.5) is 0 Å². The minimum Gasteiger partial charge on any atom is -0.493 e. The average Bonchev–Trinajstić information content (AvgIpc) is 2.76. The molecule has 2 aromatic carbocycles. The van der Waals surface area contributed by atoms with E-state index in [1.807, 2.05) is 12.1 Å². The summed E-state index contributed by atoms with van der Waals surface area (Å²) in [5.41, 5.74) is 2.77. The monoisotopic (exact) mass is 330 g/mol. The van der Waals surface area contributed by atoms with Crippen molar-refractivity contribution in [1.29, 1.82) is 0 Å². The van der Waals surface area contributed by atoms with Gasteiger partial charge in [0.15, 0.2) is 23.0 Å². The maximum absolute atomic E-state index is 12.4. The van der Waals surface area contributed by atoms with Crippen molar-refractivity contribution in [2.75, 3.05) is 28.4 Å². The van der Waals surface area contributed by atoms with E-state index in [4.69, 9.17) is 23.7 Å². The maximum atomic E-state index is 12.4. The second-order valence-corrected chi connectivity index (χ2v) is 5.19. The summed E-state index contributed by atoms with van der Waals surface area (Å²) in [4.78, 5) is 12.4. The van der Waals surface area contributed by atoms with Crippen LogP contribution in [0.5, 0.6) is 23.0 Å². The standard InChI is InChI=1S/C18H18O6/c1-20-14-5-10-9-24-18(19)13-8-17(23-4)16(22-3)7-12(13)11(10)6-15(14)21-2/h5-8H,9H2,1-4H3. The molecule has 0 atom stereocenters. The van der Waals surface area contributed by atoms with E-state index in [9.17, 15) is 4.79 Å². The number of benzene rings is 2. The molecular weight excluding hydrogens is 312 g/mol. The number of ether oxygens (including phenoxy) is 5. The third-order valence-corrected chi connectivity index (χ3v) is 4.00. The number of carbonyl (C=O) groups is 1. The fourth-order valence-electron chi connectivity index (χ4n) is 2.78. The lowest BCUT2D eigenvalue weighted by Gasteiger charge is -2.15. The molecule has 6 heteroatoms. The van der Waals surface area contributed by atoms with Gasteiger partial charge in [0.25, 0.3) is 0 Å². The fourth-order valence-corrected chi connectivity index (χ4v) is 2.78. The number of fused-ring (bicyclic) bond motifs is 3. The topological polar surface area (TPSA) is 63.2 Å². The third-order valence-electron chi connectivity index (χ3n) is 4.00. The van der Waals surface area contributed by atoms with Crippen LogP contribution in [0.2, 0.25) is 0 Å². The van der Waals surface area contributed by atoms with E-state index in [0.717, 1.165) is 11.1 Å². The first-order valence-corrected chi connectivity index (χ1v) is 7.31. The Hall–Kier alpha value is -2.89. The highest BCUT2D eigenvalue weighted by Crippen LogP contribution is 2.42. The van der Waals surface area contributed by atoms with Gasteiger partial charge in [-0.1, -0.05) is 0 Å². The molecule has 0 saturated carbocycles. The molecule has 0 radical (unpaired) electrons. The molecule has 24 heavy (non-hydrogen) atoms. The van der Waals surface area contributed by atoms with Crippen molar-refractivity contribution in [3.05, 3.63) is 35.4 Å². The van der Waals surface area contributed by atoms with Crippen LogP contribution in [0.3, 0.4) is 0 Å². The molecular formula is C18H18O6. The smallest absolute Gasteiger partial charge is 0.339 e. The summed E-state index contributed by atoms with van der Waals surface area (Å²) in [5, 5.41) is 0. The molecule has 0 bridgehead atoms. The van der Waals surface area contributed by atoms with Crippen LogP contribution < -0.4 is 18.9 Å². The van der Waals surface area contributed by atoms with Gasteiger partial charge in [-0.15, -0.1) is 0 Å². The molecule has 1 aliphatic rings. The van der Waals surface area contributed by atoms with Crippen LogP contribution >= 0.6 is 0 Å². The van der Waals surface area contributed by atoms with Crippen LogP contribution in [0, 0.1) is 0 Å². The lowest BCUT2D eigenvalue weighted by molar-refractivity contribution is 0.0478. The SMILES string of the molecule is COc1cc2c(cc1OC)-c1cc(OC)c(OC)cc1C(=O)OC2. The Bertz CT molecular complexity index is 797. The highest BCUT2D eigenvalue weighted by Gasteiger charge is 2.26. The molecule has 0 amide bonds. The Morgan fingerprint density at radius 3 is 1.71 bits per heavy atom. The lowest BCUT2D eigenvalue weighted by Crippen LogP contribution is -2.04. The van der Waals surface area contributed by atoms with E-state index >= 15 is 0 Å². The molecule has 0 saturated heterocycles. The number of hydrogen-bond donors (Lipinski definition) is 0. The summed E-state index contributed by atoms with van der Waals surface area (Å²) < 4.78 is 26.7. The van der Waals surface area contributed by atoms with Gasteiger partial charge in [0.05, 0.1) is 34.0 Å². The summed E-state index contributed by atoms with van der Waals surface area (Å²) in [6.45, 7) is 0.147. The number of hydrogen-bond acceptors (Lipinski definition) is 6. The van der Waals surface area contributed by atoms with E-state index in [-0.39, 0.29) is 6.61 Å². The summed E-state index contributed by atoms with van der Waals surface area (Å²) in [6.07, 6.45) is 0. The van der Waals surface area contributed by atoms with E-state index in [2.05, 4.69) is 0 Å². The van der Waals surface area contributed by atoms with Gasteiger partial charge in [-0.2, -0.15) is 0 Å². The molecule has 126 valence electrons. The van der Waals surface area contributed by atoms with Crippen molar-refractivity contribution in [2.45, 2.75) is 6.61 Å². The van der Waals surface area contributed by atoms with Crippen molar-refractivity contribution in [1.82, 2.24) is 0 Å². The number of carbonyl (C=O) groups excluding carboxylic acids is 1. The zero-order valence-electron chi connectivity index (χ0n) is 14.0. The molecule has 1 heterocycles. The summed E-state index contributed by atoms with van der Waals surface area (Å²) in [7, 11) is 6.20. The summed E-state index contributed by atoms with van der Waals surface area (Å²) >= 11 is 0. The number of esters is 1. The predicted octanol–water partition coefficient (Wildman–Crippen LogP) is 3.06. The van der Waals surface area contributed by atoms with Crippen LogP contribution in [0.1, 0.15) is 15.9 Å². The fraction of sp³-hybridized carbons (Fsp3) is 0.278. The van der Waals surface area contributed by atoms with Gasteiger partial charge in [0.1, 0.15) is 6.61 Å². The number of cyclic esters (lactones) is 1. The molecule has 0 aromatic heterocycles. The Morgan fingerprint density at radius 1 is 0.708 bits per heavy atom. The first-order valence-electron chi connectivity index (χ1n) is 7.31. The second-order valence-electron chi connectivity index (χ2n) is 5.19. The van der Waals surface area contributed by atoms with E-state index in [0.29, 0.717) is 34.1 Å². The summed E-state index contributed by atoms with van der Waals surface area (Å²) in [6, 6.07) is 7.04. The van der Waals surface area contributed by atoms with E-state index in [1.54, 1.807) is 33.5 Å². The molecule has 0 fully saturated rings. The average molecular weight is 330 g/mol. The Kier molecular flexibility index (Phi) is 4.20. The van der Waals surface area contributed by atoms with Crippen molar-refractivity contribution in [2.24, 2.45) is 0 Å². The highest BCUT2D eigenvalue weighted by atomic mass is 16.5. The molecule has 0 unspecified atom stereocenters. The van der Waals surface area contributed by atoms with Crippen molar-refractivity contribution < 1.29 is 28.5 Å². The third kappa shape index (κ3) is 2.50. The van der Waals surface area contributed by atoms with Gasteiger partial charge in [-0.05, 0) is 29.8 Å². The second kappa shape index (κ2) is 6.31. The molecule has 0 spiro atoms. The van der Waals surface area contributed by atoms with Crippen LogP contribution in [0.25, 0.3) is 11.1 Å². The molecule has 2 aromatic rings. The van der Waals surface area contributed by atoms with Gasteiger partial charge in [0.2, 0.25) is 0 Å². The summed E-state index contributed by atoms with van der Waals surface area (Å²) in [5.74, 6) is 1.74. The van der Waals surface area contributed by atoms with Gasteiger partial charge in [-0.3, -0.25) is 0 Å². The minimum absolute atomic E-state index is 0.147. The molecule has 6 nitrogen and oxygen atoms in total. The van der Waals surface area contributed by atoms with Gasteiger partial charge in [0, 0.05) is 11.1 Å². The zero-order valence-corrected chi connectivity index (χ0v) is 14.0. The predicted molar refractivity (Wildman–Crippen MR) is 87.2 cm³/mol. The van der Waals surface area contributed by atoms with Crippen molar-refractivity contribution >= 4 is 5.97 Å².